The molecule has 0 N–H and O–H groups in total. The Morgan fingerprint density at radius 2 is 1.30 bits per heavy atom. The van der Waals surface area contributed by atoms with E-state index < -0.39 is 46.6 Å². The third-order valence-corrected chi connectivity index (χ3v) is 6.64. The van der Waals surface area contributed by atoms with E-state index in [4.69, 9.17) is 28.4 Å². The van der Waals surface area contributed by atoms with Gasteiger partial charge in [-0.05, 0) is 48.0 Å². The third kappa shape index (κ3) is 4.11. The maximum Gasteiger partial charge on any atom is 0.323 e. The first-order valence-electron chi connectivity index (χ1n) is 10.7. The van der Waals surface area contributed by atoms with E-state index in [-0.39, 0.29) is 32.0 Å². The van der Waals surface area contributed by atoms with Crippen LogP contribution in [0.15, 0.2) is 0 Å². The molecule has 30 heavy (non-hydrogen) atoms. The standard InChI is InChI=1S/C22H38O8/c1-10-27-17(23)21(18(24)28-11-2)12-14(3)22(13-21)29-15(19(4,5)25-8)16(30-22)20(6,7)26-9/h14-16H,10-13H2,1-9H3/t14?,15-,16-/m1/s1. The number of hydrogen-bond acceptors (Lipinski definition) is 8. The number of carbonyl (C=O) groups is 2. The van der Waals surface area contributed by atoms with Gasteiger partial charge in [0.05, 0.1) is 24.4 Å². The number of rotatable bonds is 8. The van der Waals surface area contributed by atoms with E-state index in [0.717, 1.165) is 0 Å². The molecule has 1 aliphatic heterocycles. The van der Waals surface area contributed by atoms with E-state index in [1.807, 2.05) is 34.6 Å². The fourth-order valence-corrected chi connectivity index (χ4v) is 4.42. The summed E-state index contributed by atoms with van der Waals surface area (Å²) in [5.41, 5.74) is -2.86. The van der Waals surface area contributed by atoms with Gasteiger partial charge in [0.2, 0.25) is 0 Å². The van der Waals surface area contributed by atoms with Gasteiger partial charge in [-0.1, -0.05) is 6.92 Å². The largest absolute Gasteiger partial charge is 0.465 e. The lowest BCUT2D eigenvalue weighted by Gasteiger charge is -2.38. The Kier molecular flexibility index (Phi) is 7.29. The third-order valence-electron chi connectivity index (χ3n) is 6.64. The molecule has 2 aliphatic rings. The lowest BCUT2D eigenvalue weighted by Crippen LogP contribution is -2.53. The Labute approximate surface area is 179 Å². The van der Waals surface area contributed by atoms with Crippen LogP contribution in [0, 0.1) is 11.3 Å². The smallest absolute Gasteiger partial charge is 0.323 e. The molecule has 8 nitrogen and oxygen atoms in total. The minimum Gasteiger partial charge on any atom is -0.465 e. The van der Waals surface area contributed by atoms with Gasteiger partial charge >= 0.3 is 11.9 Å². The molecule has 1 unspecified atom stereocenters. The first kappa shape index (κ1) is 25.0. The van der Waals surface area contributed by atoms with E-state index in [1.165, 1.54) is 0 Å². The van der Waals surface area contributed by atoms with Crippen LogP contribution in [-0.4, -0.2) is 68.6 Å². The maximum absolute atomic E-state index is 13.0. The monoisotopic (exact) mass is 430 g/mol. The number of ether oxygens (including phenoxy) is 6. The van der Waals surface area contributed by atoms with Crippen LogP contribution in [-0.2, 0) is 38.0 Å². The SMILES string of the molecule is CCOC(=O)C1(C(=O)OCC)CC(C)C2(C1)O[C@@H](C(C)(C)OC)[C@H](C(C)(C)OC)O2. The van der Waals surface area contributed by atoms with Crippen LogP contribution in [0.3, 0.4) is 0 Å². The lowest BCUT2D eigenvalue weighted by molar-refractivity contribution is -0.222. The van der Waals surface area contributed by atoms with E-state index in [0.29, 0.717) is 0 Å². The molecule has 8 heteroatoms. The molecule has 2 rings (SSSR count). The van der Waals surface area contributed by atoms with Crippen molar-refractivity contribution in [2.75, 3.05) is 27.4 Å². The predicted molar refractivity (Wildman–Crippen MR) is 109 cm³/mol. The van der Waals surface area contributed by atoms with Gasteiger partial charge in [-0.3, -0.25) is 9.59 Å². The topological polar surface area (TPSA) is 89.5 Å². The fourth-order valence-electron chi connectivity index (χ4n) is 4.42. The van der Waals surface area contributed by atoms with Crippen LogP contribution >= 0.6 is 0 Å². The van der Waals surface area contributed by atoms with Crippen molar-refractivity contribution in [1.29, 1.82) is 0 Å². The Hall–Kier alpha value is -1.22. The van der Waals surface area contributed by atoms with Crippen molar-refractivity contribution in [3.8, 4) is 0 Å². The van der Waals surface area contributed by atoms with E-state index in [2.05, 4.69) is 0 Å². The molecule has 0 aromatic rings. The van der Waals surface area contributed by atoms with E-state index >= 15 is 0 Å². The highest BCUT2D eigenvalue weighted by atomic mass is 16.8. The zero-order chi connectivity index (χ0) is 23.0. The second-order valence-electron chi connectivity index (χ2n) is 9.31. The molecule has 174 valence electrons. The quantitative estimate of drug-likeness (QED) is 0.429. The molecule has 1 aliphatic carbocycles. The lowest BCUT2D eigenvalue weighted by atomic mass is 9.85. The molecular formula is C22H38O8. The van der Waals surface area contributed by atoms with E-state index in [9.17, 15) is 9.59 Å². The summed E-state index contributed by atoms with van der Waals surface area (Å²) in [5, 5.41) is 0. The second-order valence-corrected chi connectivity index (χ2v) is 9.31. The number of esters is 2. The van der Waals surface area contributed by atoms with Crippen LogP contribution in [0.5, 0.6) is 0 Å². The zero-order valence-corrected chi connectivity index (χ0v) is 19.8. The van der Waals surface area contributed by atoms with Crippen molar-refractivity contribution >= 4 is 11.9 Å². The Bertz CT molecular complexity index is 599. The van der Waals surface area contributed by atoms with Crippen molar-refractivity contribution in [2.24, 2.45) is 11.3 Å². The van der Waals surface area contributed by atoms with Gasteiger partial charge < -0.3 is 28.4 Å². The molecule has 3 atom stereocenters. The van der Waals surface area contributed by atoms with Crippen LogP contribution < -0.4 is 0 Å². The number of methoxy groups -OCH3 is 2. The summed E-state index contributed by atoms with van der Waals surface area (Å²) < 4.78 is 35.1. The summed E-state index contributed by atoms with van der Waals surface area (Å²) in [6.45, 7) is 13.3. The highest BCUT2D eigenvalue weighted by Crippen LogP contribution is 2.57. The van der Waals surface area contributed by atoms with Crippen molar-refractivity contribution in [3.63, 3.8) is 0 Å². The van der Waals surface area contributed by atoms with Gasteiger partial charge in [0.15, 0.2) is 11.2 Å². The first-order valence-corrected chi connectivity index (χ1v) is 10.7. The zero-order valence-electron chi connectivity index (χ0n) is 19.8. The molecular weight excluding hydrogens is 392 g/mol. The second kappa shape index (κ2) is 8.73. The van der Waals surface area contributed by atoms with Crippen LogP contribution in [0.25, 0.3) is 0 Å². The Balaban J connectivity index is 2.50. The molecule has 0 radical (unpaired) electrons. The Morgan fingerprint density at radius 3 is 1.63 bits per heavy atom. The van der Waals surface area contributed by atoms with Gasteiger partial charge in [0, 0.05) is 26.6 Å². The van der Waals surface area contributed by atoms with Crippen LogP contribution in [0.4, 0.5) is 0 Å². The average Bonchev–Trinajstić information content (AvgIpc) is 3.23. The maximum atomic E-state index is 13.0. The summed E-state index contributed by atoms with van der Waals surface area (Å²) in [6.07, 6.45) is -0.740. The van der Waals surface area contributed by atoms with Gasteiger partial charge in [0.1, 0.15) is 12.2 Å². The molecule has 1 spiro atoms. The minimum atomic E-state index is -1.47. The van der Waals surface area contributed by atoms with Crippen molar-refractivity contribution in [1.82, 2.24) is 0 Å². The predicted octanol–water partition coefficient (Wildman–Crippen LogP) is 2.86. The molecule has 1 saturated heterocycles. The molecule has 0 aromatic carbocycles. The van der Waals surface area contributed by atoms with Crippen molar-refractivity contribution in [3.05, 3.63) is 0 Å². The fraction of sp³-hybridized carbons (Fsp3) is 0.909. The van der Waals surface area contributed by atoms with Gasteiger partial charge in [-0.2, -0.15) is 0 Å². The van der Waals surface area contributed by atoms with Crippen molar-refractivity contribution in [2.45, 2.75) is 90.5 Å². The Morgan fingerprint density at radius 1 is 0.900 bits per heavy atom. The molecule has 2 fully saturated rings. The summed E-state index contributed by atoms with van der Waals surface area (Å²) in [7, 11) is 3.23. The molecule has 1 heterocycles. The summed E-state index contributed by atoms with van der Waals surface area (Å²) in [5.74, 6) is -2.63. The number of hydrogen-bond donors (Lipinski definition) is 0. The minimum absolute atomic E-state index is 0.0193. The van der Waals surface area contributed by atoms with Crippen LogP contribution in [0.1, 0.15) is 61.3 Å². The summed E-state index contributed by atoms with van der Waals surface area (Å²) >= 11 is 0. The van der Waals surface area contributed by atoms with Gasteiger partial charge in [0.25, 0.3) is 0 Å². The highest BCUT2D eigenvalue weighted by Gasteiger charge is 2.69. The molecule has 0 bridgehead atoms. The summed E-state index contributed by atoms with van der Waals surface area (Å²) in [4.78, 5) is 25.9. The molecule has 0 amide bonds. The molecule has 0 aromatic heterocycles. The van der Waals surface area contributed by atoms with Gasteiger partial charge in [-0.25, -0.2) is 0 Å². The summed E-state index contributed by atoms with van der Waals surface area (Å²) in [6, 6.07) is 0. The molecule has 1 saturated carbocycles. The van der Waals surface area contributed by atoms with Crippen LogP contribution in [0.2, 0.25) is 0 Å². The average molecular weight is 431 g/mol. The van der Waals surface area contributed by atoms with E-state index in [1.54, 1.807) is 28.1 Å². The van der Waals surface area contributed by atoms with Gasteiger partial charge in [-0.15, -0.1) is 0 Å². The number of carbonyl (C=O) groups excluding carboxylic acids is 2. The normalized spacial score (nSPS) is 28.0. The first-order chi connectivity index (χ1) is 13.9. The highest BCUT2D eigenvalue weighted by molar-refractivity contribution is 6.00. The van der Waals surface area contributed by atoms with Crippen molar-refractivity contribution < 1.29 is 38.0 Å².